The van der Waals surface area contributed by atoms with Gasteiger partial charge in [-0.25, -0.2) is 0 Å². The Kier molecular flexibility index (Phi) is 4.41. The summed E-state index contributed by atoms with van der Waals surface area (Å²) >= 11 is 5.43. The average Bonchev–Trinajstić information content (AvgIpc) is 2.77. The molecule has 0 radical (unpaired) electrons. The molecule has 1 fully saturated rings. The van der Waals surface area contributed by atoms with Crippen LogP contribution in [0.3, 0.4) is 0 Å². The Bertz CT molecular complexity index is 340. The molecular weight excluding hydrogens is 284 g/mol. The number of likely N-dealkylation sites (tertiary alicyclic amines) is 1. The fourth-order valence-corrected chi connectivity index (χ4v) is 3.92. The summed E-state index contributed by atoms with van der Waals surface area (Å²) in [7, 11) is 4.44. The molecule has 0 N–H and O–H groups in total. The Morgan fingerprint density at radius 1 is 1.62 bits per heavy atom. The van der Waals surface area contributed by atoms with Crippen molar-refractivity contribution in [2.45, 2.75) is 13.0 Å². The maximum absolute atomic E-state index is 3.59. The van der Waals surface area contributed by atoms with E-state index in [1.807, 2.05) is 11.3 Å². The number of halogens is 1. The second kappa shape index (κ2) is 5.63. The van der Waals surface area contributed by atoms with E-state index in [0.29, 0.717) is 0 Å². The predicted molar refractivity (Wildman–Crippen MR) is 74.0 cm³/mol. The number of rotatable bonds is 4. The van der Waals surface area contributed by atoms with Crippen molar-refractivity contribution >= 4 is 27.3 Å². The summed E-state index contributed by atoms with van der Waals surface area (Å²) < 4.78 is 1.26. The molecule has 16 heavy (non-hydrogen) atoms. The quantitative estimate of drug-likeness (QED) is 0.844. The molecule has 1 aliphatic rings. The van der Waals surface area contributed by atoms with Gasteiger partial charge in [0.15, 0.2) is 0 Å². The first-order chi connectivity index (χ1) is 7.65. The number of nitrogens with zero attached hydrogens (tertiary/aromatic N) is 2. The molecule has 1 saturated heterocycles. The zero-order chi connectivity index (χ0) is 11.5. The molecule has 90 valence electrons. The van der Waals surface area contributed by atoms with Crippen molar-refractivity contribution in [1.82, 2.24) is 9.80 Å². The van der Waals surface area contributed by atoms with Crippen LogP contribution in [-0.4, -0.2) is 43.5 Å². The lowest BCUT2D eigenvalue weighted by molar-refractivity contribution is 0.268. The summed E-state index contributed by atoms with van der Waals surface area (Å²) in [6, 6.07) is 2.14. The van der Waals surface area contributed by atoms with E-state index in [2.05, 4.69) is 51.3 Å². The molecule has 0 bridgehead atoms. The summed E-state index contributed by atoms with van der Waals surface area (Å²) in [4.78, 5) is 6.31. The number of thiophene rings is 1. The van der Waals surface area contributed by atoms with E-state index in [-0.39, 0.29) is 0 Å². The molecule has 0 amide bonds. The zero-order valence-electron chi connectivity index (χ0n) is 9.95. The molecule has 0 spiro atoms. The standard InChI is InChI=1S/C12H19BrN2S/c1-14-5-3-10(7-14)8-15(2)9-12-11(13)4-6-16-12/h4,6,10H,3,5,7-9H2,1-2H3. The molecule has 2 heterocycles. The first-order valence-electron chi connectivity index (χ1n) is 5.74. The molecule has 1 aromatic heterocycles. The van der Waals surface area contributed by atoms with Crippen molar-refractivity contribution in [3.8, 4) is 0 Å². The fourth-order valence-electron chi connectivity index (χ4n) is 2.36. The van der Waals surface area contributed by atoms with Gasteiger partial charge >= 0.3 is 0 Å². The van der Waals surface area contributed by atoms with Crippen molar-refractivity contribution < 1.29 is 0 Å². The Labute approximate surface area is 110 Å². The summed E-state index contributed by atoms with van der Waals surface area (Å²) in [5.74, 6) is 0.855. The monoisotopic (exact) mass is 302 g/mol. The largest absolute Gasteiger partial charge is 0.306 e. The summed E-state index contributed by atoms with van der Waals surface area (Å²) in [6.45, 7) is 4.81. The lowest BCUT2D eigenvalue weighted by Gasteiger charge is -2.20. The smallest absolute Gasteiger partial charge is 0.0336 e. The number of hydrogen-bond acceptors (Lipinski definition) is 3. The molecule has 0 aromatic carbocycles. The van der Waals surface area contributed by atoms with Crippen LogP contribution >= 0.6 is 27.3 Å². The first kappa shape index (κ1) is 12.6. The minimum Gasteiger partial charge on any atom is -0.306 e. The lowest BCUT2D eigenvalue weighted by atomic mass is 10.1. The van der Waals surface area contributed by atoms with Crippen molar-refractivity contribution in [3.05, 3.63) is 20.8 Å². The second-order valence-electron chi connectivity index (χ2n) is 4.81. The van der Waals surface area contributed by atoms with Gasteiger partial charge in [-0.15, -0.1) is 11.3 Å². The average molecular weight is 303 g/mol. The van der Waals surface area contributed by atoms with Crippen LogP contribution in [0.15, 0.2) is 15.9 Å². The van der Waals surface area contributed by atoms with E-state index < -0.39 is 0 Å². The van der Waals surface area contributed by atoms with Gasteiger partial charge in [0.05, 0.1) is 0 Å². The highest BCUT2D eigenvalue weighted by molar-refractivity contribution is 9.10. The summed E-state index contributed by atoms with van der Waals surface area (Å²) in [5, 5.41) is 2.15. The van der Waals surface area contributed by atoms with E-state index in [0.717, 1.165) is 12.5 Å². The highest BCUT2D eigenvalue weighted by Gasteiger charge is 2.20. The van der Waals surface area contributed by atoms with Crippen LogP contribution < -0.4 is 0 Å². The van der Waals surface area contributed by atoms with Crippen molar-refractivity contribution in [2.75, 3.05) is 33.7 Å². The van der Waals surface area contributed by atoms with Crippen LogP contribution in [0.1, 0.15) is 11.3 Å². The third kappa shape index (κ3) is 3.29. The molecule has 1 atom stereocenters. The molecule has 4 heteroatoms. The highest BCUT2D eigenvalue weighted by Crippen LogP contribution is 2.24. The maximum atomic E-state index is 3.59. The van der Waals surface area contributed by atoms with Gasteiger partial charge in [-0.2, -0.15) is 0 Å². The highest BCUT2D eigenvalue weighted by atomic mass is 79.9. The zero-order valence-corrected chi connectivity index (χ0v) is 12.4. The van der Waals surface area contributed by atoms with E-state index >= 15 is 0 Å². The van der Waals surface area contributed by atoms with E-state index in [1.165, 1.54) is 35.4 Å². The molecule has 1 aliphatic heterocycles. The molecule has 0 aliphatic carbocycles. The Morgan fingerprint density at radius 2 is 2.44 bits per heavy atom. The van der Waals surface area contributed by atoms with Crippen molar-refractivity contribution in [1.29, 1.82) is 0 Å². The van der Waals surface area contributed by atoms with Gasteiger partial charge < -0.3 is 9.80 Å². The fraction of sp³-hybridized carbons (Fsp3) is 0.667. The van der Waals surface area contributed by atoms with Crippen molar-refractivity contribution in [2.24, 2.45) is 5.92 Å². The van der Waals surface area contributed by atoms with Gasteiger partial charge in [0.1, 0.15) is 0 Å². The third-order valence-corrected chi connectivity index (χ3v) is 5.07. The SMILES string of the molecule is CN1CCC(CN(C)Cc2sccc2Br)C1. The van der Waals surface area contributed by atoms with Crippen LogP contribution in [0.5, 0.6) is 0 Å². The molecule has 2 rings (SSSR count). The number of hydrogen-bond donors (Lipinski definition) is 0. The van der Waals surface area contributed by atoms with Gasteiger partial charge in [0, 0.05) is 29.0 Å². The minimum absolute atomic E-state index is 0.855. The van der Waals surface area contributed by atoms with Crippen LogP contribution in [0.4, 0.5) is 0 Å². The van der Waals surface area contributed by atoms with Gasteiger partial charge in [-0.3, -0.25) is 0 Å². The van der Waals surface area contributed by atoms with E-state index in [1.54, 1.807) is 0 Å². The topological polar surface area (TPSA) is 6.48 Å². The third-order valence-electron chi connectivity index (χ3n) is 3.16. The van der Waals surface area contributed by atoms with Gasteiger partial charge in [0.25, 0.3) is 0 Å². The Morgan fingerprint density at radius 3 is 3.00 bits per heavy atom. The summed E-state index contributed by atoms with van der Waals surface area (Å²) in [5.41, 5.74) is 0. The van der Waals surface area contributed by atoms with Crippen LogP contribution in [0, 0.1) is 5.92 Å². The van der Waals surface area contributed by atoms with Crippen molar-refractivity contribution in [3.63, 3.8) is 0 Å². The predicted octanol–water partition coefficient (Wildman–Crippen LogP) is 2.89. The van der Waals surface area contributed by atoms with Gasteiger partial charge in [-0.1, -0.05) is 0 Å². The van der Waals surface area contributed by atoms with Crippen LogP contribution in [0.25, 0.3) is 0 Å². The lowest BCUT2D eigenvalue weighted by Crippen LogP contribution is -2.26. The Hall–Kier alpha value is 0.100. The van der Waals surface area contributed by atoms with Gasteiger partial charge in [-0.05, 0) is 60.4 Å². The van der Waals surface area contributed by atoms with Gasteiger partial charge in [0.2, 0.25) is 0 Å². The van der Waals surface area contributed by atoms with Crippen LogP contribution in [0.2, 0.25) is 0 Å². The van der Waals surface area contributed by atoms with E-state index in [4.69, 9.17) is 0 Å². The molecule has 2 nitrogen and oxygen atoms in total. The normalized spacial score (nSPS) is 22.1. The molecular formula is C12H19BrN2S. The Balaban J connectivity index is 1.80. The maximum Gasteiger partial charge on any atom is 0.0336 e. The molecule has 0 saturated carbocycles. The summed E-state index contributed by atoms with van der Waals surface area (Å²) in [6.07, 6.45) is 1.35. The second-order valence-corrected chi connectivity index (χ2v) is 6.66. The van der Waals surface area contributed by atoms with E-state index in [9.17, 15) is 0 Å². The first-order valence-corrected chi connectivity index (χ1v) is 7.41. The van der Waals surface area contributed by atoms with Crippen LogP contribution in [-0.2, 0) is 6.54 Å². The minimum atomic E-state index is 0.855. The molecule has 1 aromatic rings. The molecule has 1 unspecified atom stereocenters.